The number of fused-ring (bicyclic) bond motifs is 1. The van der Waals surface area contributed by atoms with Gasteiger partial charge in [-0.2, -0.15) is 0 Å². The molecule has 6 heteroatoms. The average molecular weight is 280 g/mol. The molecule has 0 fully saturated rings. The molecule has 0 bridgehead atoms. The van der Waals surface area contributed by atoms with Crippen LogP contribution in [0, 0.1) is 0 Å². The molecule has 0 aliphatic rings. The lowest BCUT2D eigenvalue weighted by atomic mass is 10.3. The third kappa shape index (κ3) is 1.89. The standard InChI is InChI=1S/C12H7Cl2N3O/c13-6-3-8(14)11-10(4-6)17-12(18-11)9-2-1-7(15)5-16-9/h1-5H,15H2. The topological polar surface area (TPSA) is 64.9 Å². The number of rotatable bonds is 1. The van der Waals surface area contributed by atoms with Crippen molar-refractivity contribution in [3.05, 3.63) is 40.5 Å². The highest BCUT2D eigenvalue weighted by Crippen LogP contribution is 2.31. The molecule has 2 aromatic heterocycles. The summed E-state index contributed by atoms with van der Waals surface area (Å²) in [7, 11) is 0. The number of benzene rings is 1. The second-order valence-electron chi connectivity index (χ2n) is 3.73. The maximum atomic E-state index is 6.03. The van der Waals surface area contributed by atoms with E-state index < -0.39 is 0 Å². The zero-order chi connectivity index (χ0) is 12.7. The molecule has 0 aliphatic heterocycles. The van der Waals surface area contributed by atoms with E-state index in [1.165, 1.54) is 0 Å². The number of pyridine rings is 1. The number of oxazole rings is 1. The highest BCUT2D eigenvalue weighted by Gasteiger charge is 2.12. The summed E-state index contributed by atoms with van der Waals surface area (Å²) in [4.78, 5) is 8.43. The predicted octanol–water partition coefficient (Wildman–Crippen LogP) is 3.78. The van der Waals surface area contributed by atoms with E-state index in [4.69, 9.17) is 33.4 Å². The first-order chi connectivity index (χ1) is 8.63. The second kappa shape index (κ2) is 4.15. The molecule has 4 nitrogen and oxygen atoms in total. The van der Waals surface area contributed by atoms with Crippen molar-refractivity contribution in [1.82, 2.24) is 9.97 Å². The van der Waals surface area contributed by atoms with Crippen LogP contribution in [0.15, 0.2) is 34.9 Å². The van der Waals surface area contributed by atoms with Crippen molar-refractivity contribution in [3.8, 4) is 11.6 Å². The molecule has 0 aliphatic carbocycles. The summed E-state index contributed by atoms with van der Waals surface area (Å²) in [6.07, 6.45) is 1.54. The Hall–Kier alpha value is -1.78. The maximum absolute atomic E-state index is 6.03. The first-order valence-corrected chi connectivity index (χ1v) is 5.86. The first-order valence-electron chi connectivity index (χ1n) is 5.11. The third-order valence-electron chi connectivity index (χ3n) is 2.41. The molecule has 18 heavy (non-hydrogen) atoms. The van der Waals surface area contributed by atoms with Crippen LogP contribution in [0.1, 0.15) is 0 Å². The maximum Gasteiger partial charge on any atom is 0.246 e. The highest BCUT2D eigenvalue weighted by atomic mass is 35.5. The summed E-state index contributed by atoms with van der Waals surface area (Å²) in [5.41, 5.74) is 7.84. The van der Waals surface area contributed by atoms with Gasteiger partial charge in [0.15, 0.2) is 5.58 Å². The largest absolute Gasteiger partial charge is 0.433 e. The van der Waals surface area contributed by atoms with Gasteiger partial charge in [0.25, 0.3) is 0 Å². The summed E-state index contributed by atoms with van der Waals surface area (Å²) in [6.45, 7) is 0. The van der Waals surface area contributed by atoms with Gasteiger partial charge in [-0.25, -0.2) is 9.97 Å². The number of halogens is 2. The van der Waals surface area contributed by atoms with Crippen LogP contribution in [0.5, 0.6) is 0 Å². The molecule has 3 rings (SSSR count). The number of anilines is 1. The minimum absolute atomic E-state index is 0.383. The number of hydrogen-bond acceptors (Lipinski definition) is 4. The summed E-state index contributed by atoms with van der Waals surface area (Å²) >= 11 is 11.9. The molecule has 0 unspecified atom stereocenters. The van der Waals surface area contributed by atoms with Crippen molar-refractivity contribution < 1.29 is 4.42 Å². The van der Waals surface area contributed by atoms with E-state index in [0.29, 0.717) is 38.4 Å². The Morgan fingerprint density at radius 1 is 1.17 bits per heavy atom. The van der Waals surface area contributed by atoms with E-state index in [1.54, 1.807) is 30.5 Å². The van der Waals surface area contributed by atoms with Gasteiger partial charge in [-0.3, -0.25) is 0 Å². The molecular formula is C12H7Cl2N3O. The lowest BCUT2D eigenvalue weighted by Gasteiger charge is -1.94. The Morgan fingerprint density at radius 2 is 2.00 bits per heavy atom. The van der Waals surface area contributed by atoms with E-state index in [0.717, 1.165) is 0 Å². The van der Waals surface area contributed by atoms with E-state index in [9.17, 15) is 0 Å². The summed E-state index contributed by atoms with van der Waals surface area (Å²) < 4.78 is 5.57. The number of nitrogen functional groups attached to an aromatic ring is 1. The summed E-state index contributed by atoms with van der Waals surface area (Å²) in [5.74, 6) is 0.383. The molecule has 90 valence electrons. The Kier molecular flexibility index (Phi) is 2.61. The van der Waals surface area contributed by atoms with Crippen molar-refractivity contribution in [2.45, 2.75) is 0 Å². The van der Waals surface area contributed by atoms with Gasteiger partial charge in [0, 0.05) is 5.02 Å². The molecule has 0 atom stereocenters. The Bertz CT molecular complexity index is 722. The first kappa shape index (κ1) is 11.3. The lowest BCUT2D eigenvalue weighted by Crippen LogP contribution is -1.87. The van der Waals surface area contributed by atoms with Crippen molar-refractivity contribution in [2.24, 2.45) is 0 Å². The molecule has 3 aromatic rings. The molecule has 0 saturated carbocycles. The van der Waals surface area contributed by atoms with Gasteiger partial charge in [0.1, 0.15) is 11.2 Å². The Morgan fingerprint density at radius 3 is 2.72 bits per heavy atom. The van der Waals surface area contributed by atoms with Gasteiger partial charge in [0.2, 0.25) is 5.89 Å². The van der Waals surface area contributed by atoms with E-state index >= 15 is 0 Å². The van der Waals surface area contributed by atoms with Gasteiger partial charge in [0.05, 0.1) is 16.9 Å². The molecule has 0 spiro atoms. The predicted molar refractivity (Wildman–Crippen MR) is 71.7 cm³/mol. The van der Waals surface area contributed by atoms with Crippen LogP contribution in [0.4, 0.5) is 5.69 Å². The van der Waals surface area contributed by atoms with Crippen molar-refractivity contribution in [1.29, 1.82) is 0 Å². The fraction of sp³-hybridized carbons (Fsp3) is 0. The minimum atomic E-state index is 0.383. The number of aromatic nitrogens is 2. The Balaban J connectivity index is 2.19. The van der Waals surface area contributed by atoms with Gasteiger partial charge in [-0.1, -0.05) is 23.2 Å². The van der Waals surface area contributed by atoms with Gasteiger partial charge in [-0.05, 0) is 24.3 Å². The van der Waals surface area contributed by atoms with Crippen LogP contribution in [0.3, 0.4) is 0 Å². The van der Waals surface area contributed by atoms with Gasteiger partial charge < -0.3 is 10.2 Å². The SMILES string of the molecule is Nc1ccc(-c2nc3cc(Cl)cc(Cl)c3o2)nc1. The molecule has 2 heterocycles. The van der Waals surface area contributed by atoms with E-state index in [2.05, 4.69) is 9.97 Å². The minimum Gasteiger partial charge on any atom is -0.433 e. The van der Waals surface area contributed by atoms with Crippen molar-refractivity contribution >= 4 is 40.0 Å². The van der Waals surface area contributed by atoms with E-state index in [1.807, 2.05) is 0 Å². The number of nitrogens with zero attached hydrogens (tertiary/aromatic N) is 2. The van der Waals surface area contributed by atoms with Crippen LogP contribution in [-0.2, 0) is 0 Å². The van der Waals surface area contributed by atoms with Crippen LogP contribution in [0.2, 0.25) is 10.0 Å². The molecule has 0 radical (unpaired) electrons. The molecule has 2 N–H and O–H groups in total. The van der Waals surface area contributed by atoms with Crippen molar-refractivity contribution in [2.75, 3.05) is 5.73 Å². The van der Waals surface area contributed by atoms with Crippen molar-refractivity contribution in [3.63, 3.8) is 0 Å². The normalized spacial score (nSPS) is 11.0. The second-order valence-corrected chi connectivity index (χ2v) is 4.58. The lowest BCUT2D eigenvalue weighted by molar-refractivity contribution is 0.617. The number of nitrogens with two attached hydrogens (primary N) is 1. The smallest absolute Gasteiger partial charge is 0.246 e. The third-order valence-corrected chi connectivity index (χ3v) is 2.91. The molecule has 0 amide bonds. The zero-order valence-electron chi connectivity index (χ0n) is 9.02. The fourth-order valence-corrected chi connectivity index (χ4v) is 2.12. The van der Waals surface area contributed by atoms with Gasteiger partial charge >= 0.3 is 0 Å². The fourth-order valence-electron chi connectivity index (χ4n) is 1.60. The molecular weight excluding hydrogens is 273 g/mol. The summed E-state index contributed by atoms with van der Waals surface area (Å²) in [6, 6.07) is 6.76. The Labute approximate surface area is 112 Å². The highest BCUT2D eigenvalue weighted by molar-refractivity contribution is 6.38. The molecule has 0 saturated heterocycles. The van der Waals surface area contributed by atoms with Crippen LogP contribution in [-0.4, -0.2) is 9.97 Å². The summed E-state index contributed by atoms with van der Waals surface area (Å²) in [5, 5.41) is 0.935. The zero-order valence-corrected chi connectivity index (χ0v) is 10.5. The van der Waals surface area contributed by atoms with E-state index in [-0.39, 0.29) is 0 Å². The van der Waals surface area contributed by atoms with Crippen LogP contribution in [0.25, 0.3) is 22.7 Å². The molecule has 1 aromatic carbocycles. The number of hydrogen-bond donors (Lipinski definition) is 1. The average Bonchev–Trinajstić information content (AvgIpc) is 2.74. The van der Waals surface area contributed by atoms with Gasteiger partial charge in [-0.15, -0.1) is 0 Å². The van der Waals surface area contributed by atoms with Crippen LogP contribution >= 0.6 is 23.2 Å². The van der Waals surface area contributed by atoms with Crippen LogP contribution < -0.4 is 5.73 Å². The quantitative estimate of drug-likeness (QED) is 0.736. The monoisotopic (exact) mass is 279 g/mol.